The maximum absolute atomic E-state index is 10.8. The zero-order chi connectivity index (χ0) is 17.0. The second-order valence-corrected chi connectivity index (χ2v) is 8.94. The van der Waals surface area contributed by atoms with E-state index in [9.17, 15) is 5.11 Å². The van der Waals surface area contributed by atoms with Crippen LogP contribution in [0.4, 0.5) is 0 Å². The molecular formula is C20H38BrN3O. The van der Waals surface area contributed by atoms with Gasteiger partial charge in [-0.2, -0.15) is 0 Å². The van der Waals surface area contributed by atoms with Crippen LogP contribution >= 0.6 is 17.0 Å². The summed E-state index contributed by atoms with van der Waals surface area (Å²) >= 11 is 0. The van der Waals surface area contributed by atoms with Crippen LogP contribution in [0.25, 0.3) is 0 Å². The van der Waals surface area contributed by atoms with Gasteiger partial charge in [-0.05, 0) is 69.1 Å². The lowest BCUT2D eigenvalue weighted by atomic mass is 9.79. The van der Waals surface area contributed by atoms with Gasteiger partial charge >= 0.3 is 0 Å². The molecule has 0 bridgehead atoms. The van der Waals surface area contributed by atoms with Crippen molar-refractivity contribution in [2.24, 2.45) is 16.3 Å². The fourth-order valence-electron chi connectivity index (χ4n) is 4.64. The molecule has 3 saturated carbocycles. The summed E-state index contributed by atoms with van der Waals surface area (Å²) in [6.45, 7) is 5.90. The molecule has 0 heterocycles. The van der Waals surface area contributed by atoms with Gasteiger partial charge in [-0.25, -0.2) is 0 Å². The van der Waals surface area contributed by atoms with Gasteiger partial charge in [0.05, 0.1) is 12.1 Å². The number of guanidine groups is 1. The van der Waals surface area contributed by atoms with Gasteiger partial charge < -0.3 is 15.7 Å². The van der Waals surface area contributed by atoms with E-state index in [1.54, 1.807) is 0 Å². The van der Waals surface area contributed by atoms with Crippen LogP contribution in [0, 0.1) is 11.3 Å². The van der Waals surface area contributed by atoms with Gasteiger partial charge in [0, 0.05) is 12.6 Å². The van der Waals surface area contributed by atoms with Crippen LogP contribution in [0.2, 0.25) is 0 Å². The monoisotopic (exact) mass is 415 g/mol. The molecule has 0 aromatic rings. The molecule has 0 amide bonds. The molecule has 5 heteroatoms. The summed E-state index contributed by atoms with van der Waals surface area (Å²) in [6.07, 6.45) is 13.5. The summed E-state index contributed by atoms with van der Waals surface area (Å²) in [5.74, 6) is 1.53. The first-order valence-electron chi connectivity index (χ1n) is 10.3. The predicted octanol–water partition coefficient (Wildman–Crippen LogP) is 4.17. The van der Waals surface area contributed by atoms with Crippen molar-refractivity contribution in [1.29, 1.82) is 0 Å². The molecule has 3 rings (SSSR count). The van der Waals surface area contributed by atoms with Gasteiger partial charge in [-0.15, -0.1) is 17.0 Å². The average Bonchev–Trinajstić information content (AvgIpc) is 3.31. The molecule has 4 nitrogen and oxygen atoms in total. The van der Waals surface area contributed by atoms with Crippen molar-refractivity contribution in [3.05, 3.63) is 0 Å². The lowest BCUT2D eigenvalue weighted by Gasteiger charge is -2.35. The third-order valence-electron chi connectivity index (χ3n) is 6.49. The number of rotatable bonds is 5. The Hall–Kier alpha value is -0.290. The lowest BCUT2D eigenvalue weighted by Crippen LogP contribution is -2.46. The molecule has 0 radical (unpaired) electrons. The fraction of sp³-hybridized carbons (Fsp3) is 0.950. The Balaban J connectivity index is 0.00000225. The maximum atomic E-state index is 10.8. The highest BCUT2D eigenvalue weighted by molar-refractivity contribution is 8.93. The van der Waals surface area contributed by atoms with Gasteiger partial charge in [-0.1, -0.05) is 26.7 Å². The number of hydrogen-bond donors (Lipinski definition) is 3. The van der Waals surface area contributed by atoms with Gasteiger partial charge in [0.2, 0.25) is 0 Å². The van der Waals surface area contributed by atoms with Crippen LogP contribution in [-0.2, 0) is 0 Å². The first kappa shape index (κ1) is 21.0. The Morgan fingerprint density at radius 3 is 2.44 bits per heavy atom. The topological polar surface area (TPSA) is 56.7 Å². The fourth-order valence-corrected chi connectivity index (χ4v) is 4.64. The Morgan fingerprint density at radius 2 is 1.84 bits per heavy atom. The van der Waals surface area contributed by atoms with E-state index in [0.717, 1.165) is 43.6 Å². The highest BCUT2D eigenvalue weighted by Crippen LogP contribution is 2.56. The third kappa shape index (κ3) is 6.13. The second-order valence-electron chi connectivity index (χ2n) is 8.94. The van der Waals surface area contributed by atoms with Crippen LogP contribution in [0.5, 0.6) is 0 Å². The lowest BCUT2D eigenvalue weighted by molar-refractivity contribution is -0.00412. The van der Waals surface area contributed by atoms with E-state index in [0.29, 0.717) is 18.5 Å². The van der Waals surface area contributed by atoms with E-state index in [-0.39, 0.29) is 17.0 Å². The van der Waals surface area contributed by atoms with E-state index >= 15 is 0 Å². The minimum Gasteiger partial charge on any atom is -0.388 e. The van der Waals surface area contributed by atoms with Crippen molar-refractivity contribution in [2.45, 2.75) is 96.1 Å². The molecule has 146 valence electrons. The smallest absolute Gasteiger partial charge is 0.191 e. The molecule has 0 aliphatic heterocycles. The van der Waals surface area contributed by atoms with Crippen LogP contribution in [0.15, 0.2) is 4.99 Å². The van der Waals surface area contributed by atoms with Crippen molar-refractivity contribution in [3.8, 4) is 0 Å². The Morgan fingerprint density at radius 1 is 1.12 bits per heavy atom. The summed E-state index contributed by atoms with van der Waals surface area (Å²) in [7, 11) is 0. The zero-order valence-electron chi connectivity index (χ0n) is 16.1. The molecular weight excluding hydrogens is 378 g/mol. The average molecular weight is 416 g/mol. The number of hydrogen-bond acceptors (Lipinski definition) is 2. The molecule has 0 aromatic carbocycles. The number of aliphatic hydroxyl groups is 1. The Labute approximate surface area is 164 Å². The minimum atomic E-state index is -0.594. The molecule has 1 spiro atoms. The highest BCUT2D eigenvalue weighted by Gasteiger charge is 2.44. The highest BCUT2D eigenvalue weighted by atomic mass is 79.9. The molecule has 25 heavy (non-hydrogen) atoms. The molecule has 2 unspecified atom stereocenters. The van der Waals surface area contributed by atoms with E-state index in [1.807, 2.05) is 0 Å². The minimum absolute atomic E-state index is 0. The summed E-state index contributed by atoms with van der Waals surface area (Å²) < 4.78 is 0. The van der Waals surface area contributed by atoms with Crippen molar-refractivity contribution in [2.75, 3.05) is 13.1 Å². The van der Waals surface area contributed by atoms with E-state index in [1.165, 1.54) is 44.9 Å². The van der Waals surface area contributed by atoms with Crippen molar-refractivity contribution in [3.63, 3.8) is 0 Å². The van der Waals surface area contributed by atoms with Crippen molar-refractivity contribution < 1.29 is 5.11 Å². The van der Waals surface area contributed by atoms with Gasteiger partial charge in [0.15, 0.2) is 5.96 Å². The summed E-state index contributed by atoms with van der Waals surface area (Å²) in [4.78, 5) is 4.78. The molecule has 0 aromatic heterocycles. The summed E-state index contributed by atoms with van der Waals surface area (Å²) in [5.41, 5.74) is 0.142. The molecule has 3 aliphatic rings. The third-order valence-corrected chi connectivity index (χ3v) is 6.49. The summed E-state index contributed by atoms with van der Waals surface area (Å²) in [6, 6.07) is 0.555. The SMILES string of the molecule is Br.CCCNC(=NCC1(O)CCCC(C)C1)NC1CCC2(CC1)CC2. The van der Waals surface area contributed by atoms with Gasteiger partial charge in [0.1, 0.15) is 0 Å². The van der Waals surface area contributed by atoms with Crippen LogP contribution < -0.4 is 10.6 Å². The quantitative estimate of drug-likeness (QED) is 0.466. The van der Waals surface area contributed by atoms with Crippen molar-refractivity contribution in [1.82, 2.24) is 10.6 Å². The number of halogens is 1. The maximum Gasteiger partial charge on any atom is 0.191 e. The van der Waals surface area contributed by atoms with E-state index < -0.39 is 5.60 Å². The Kier molecular flexibility index (Phi) is 7.63. The molecule has 3 aliphatic carbocycles. The predicted molar refractivity (Wildman–Crippen MR) is 111 cm³/mol. The molecule has 3 fully saturated rings. The molecule has 0 saturated heterocycles. The standard InChI is InChI=1S/C20H37N3O.BrH/c1-3-13-21-18(22-15-20(24)8-4-5-16(2)14-20)23-17-6-9-19(10-7-17)11-12-19;/h16-17,24H,3-15H2,1-2H3,(H2,21,22,23);1H. The number of nitrogens with zero attached hydrogens (tertiary/aromatic N) is 1. The summed E-state index contributed by atoms with van der Waals surface area (Å²) in [5, 5.41) is 17.9. The van der Waals surface area contributed by atoms with E-state index in [4.69, 9.17) is 4.99 Å². The largest absolute Gasteiger partial charge is 0.388 e. The number of nitrogens with one attached hydrogen (secondary N) is 2. The van der Waals surface area contributed by atoms with Crippen LogP contribution in [-0.4, -0.2) is 35.8 Å². The first-order valence-corrected chi connectivity index (χ1v) is 10.3. The first-order chi connectivity index (χ1) is 11.5. The second kappa shape index (κ2) is 9.07. The van der Waals surface area contributed by atoms with Gasteiger partial charge in [0.25, 0.3) is 0 Å². The Bertz CT molecular complexity index is 442. The normalized spacial score (nSPS) is 32.1. The molecule has 2 atom stereocenters. The molecule has 3 N–H and O–H groups in total. The van der Waals surface area contributed by atoms with E-state index in [2.05, 4.69) is 24.5 Å². The van der Waals surface area contributed by atoms with Crippen LogP contribution in [0.1, 0.15) is 84.5 Å². The van der Waals surface area contributed by atoms with Crippen molar-refractivity contribution >= 4 is 22.9 Å². The van der Waals surface area contributed by atoms with Crippen LogP contribution in [0.3, 0.4) is 0 Å². The zero-order valence-corrected chi connectivity index (χ0v) is 17.9. The van der Waals surface area contributed by atoms with Gasteiger partial charge in [-0.3, -0.25) is 4.99 Å². The number of aliphatic imine (C=N–C) groups is 1.